The molecular formula is C85H148O17P2. The number of allylic oxidation sites excluding steroid dienone is 18. The van der Waals surface area contributed by atoms with Gasteiger partial charge in [-0.05, 0) is 128 Å². The molecule has 0 spiro atoms. The minimum absolute atomic E-state index is 0.0742. The van der Waals surface area contributed by atoms with Gasteiger partial charge in [-0.2, -0.15) is 0 Å². The summed E-state index contributed by atoms with van der Waals surface area (Å²) in [6.45, 7) is 4.64. The van der Waals surface area contributed by atoms with Crippen LogP contribution in [-0.2, 0) is 65.4 Å². The molecule has 19 heteroatoms. The van der Waals surface area contributed by atoms with Crippen molar-refractivity contribution in [2.75, 3.05) is 39.6 Å². The van der Waals surface area contributed by atoms with E-state index in [0.29, 0.717) is 25.7 Å². The smallest absolute Gasteiger partial charge is 0.462 e. The highest BCUT2D eigenvalue weighted by molar-refractivity contribution is 7.47. The number of esters is 4. The fraction of sp³-hybridized carbons (Fsp3) is 0.741. The molecule has 0 aromatic heterocycles. The quantitative estimate of drug-likeness (QED) is 0.0169. The minimum atomic E-state index is -4.99. The molecule has 0 heterocycles. The van der Waals surface area contributed by atoms with Gasteiger partial charge in [0.2, 0.25) is 0 Å². The lowest BCUT2D eigenvalue weighted by molar-refractivity contribution is -0.161. The summed E-state index contributed by atoms with van der Waals surface area (Å²) >= 11 is 0. The number of hydrogen-bond donors (Lipinski definition) is 3. The van der Waals surface area contributed by atoms with Crippen LogP contribution in [0, 0.1) is 0 Å². The second-order valence-corrected chi connectivity index (χ2v) is 30.2. The molecule has 0 aliphatic rings. The molecule has 600 valence electrons. The zero-order chi connectivity index (χ0) is 76.0. The Morgan fingerprint density at radius 2 is 0.500 bits per heavy atom. The fourth-order valence-corrected chi connectivity index (χ4v) is 12.6. The molecule has 0 bridgehead atoms. The third-order valence-electron chi connectivity index (χ3n) is 17.2. The normalized spacial score (nSPS) is 14.4. The number of phosphoric acid groups is 2. The topological polar surface area (TPSA) is 237 Å². The fourth-order valence-electron chi connectivity index (χ4n) is 11.0. The maximum atomic E-state index is 13.1. The summed E-state index contributed by atoms with van der Waals surface area (Å²) in [6.07, 6.45) is 83.4. The number of phosphoric ester groups is 2. The Morgan fingerprint density at radius 1 is 0.279 bits per heavy atom. The van der Waals surface area contributed by atoms with Crippen LogP contribution in [0.2, 0.25) is 0 Å². The maximum Gasteiger partial charge on any atom is 0.472 e. The second kappa shape index (κ2) is 76.9. The van der Waals surface area contributed by atoms with Crippen molar-refractivity contribution in [3.05, 3.63) is 109 Å². The molecule has 0 aromatic carbocycles. The minimum Gasteiger partial charge on any atom is -0.462 e. The number of ether oxygens (including phenoxy) is 4. The van der Waals surface area contributed by atoms with Crippen molar-refractivity contribution in [2.24, 2.45) is 0 Å². The molecule has 0 aromatic rings. The van der Waals surface area contributed by atoms with Gasteiger partial charge in [-0.3, -0.25) is 37.3 Å². The molecule has 0 fully saturated rings. The van der Waals surface area contributed by atoms with Gasteiger partial charge in [0.05, 0.1) is 26.4 Å². The van der Waals surface area contributed by atoms with E-state index in [0.717, 1.165) is 193 Å². The third kappa shape index (κ3) is 75.9. The lowest BCUT2D eigenvalue weighted by Crippen LogP contribution is -2.30. The molecule has 5 atom stereocenters. The van der Waals surface area contributed by atoms with E-state index >= 15 is 0 Å². The number of carbonyl (C=O) groups excluding carboxylic acids is 4. The van der Waals surface area contributed by atoms with Crippen LogP contribution in [0.3, 0.4) is 0 Å². The SMILES string of the molecule is CC/C=C\C/C=C\C/C=C\C/C=C\CCCCCCCCC(=O)OCC(COP(=O)(O)OCC(O)COP(=O)(O)OCC(COC(=O)CCCCCCC/C=C\CCCCCCCC)OC(=O)CCCCCCCCCCCCC)OC(=O)CCCCCCCC/C=C\C/C=C\C/C=C\C/C=C\CC. The van der Waals surface area contributed by atoms with Crippen LogP contribution in [0.15, 0.2) is 109 Å². The van der Waals surface area contributed by atoms with E-state index in [1.807, 2.05) is 0 Å². The number of aliphatic hydroxyl groups excluding tert-OH is 1. The zero-order valence-electron chi connectivity index (χ0n) is 65.7. The van der Waals surface area contributed by atoms with Gasteiger partial charge in [0.25, 0.3) is 0 Å². The van der Waals surface area contributed by atoms with Crippen LogP contribution >= 0.6 is 15.6 Å². The Hall–Kier alpha value is -4.28. The summed E-state index contributed by atoms with van der Waals surface area (Å²) in [5.74, 6) is -2.20. The lowest BCUT2D eigenvalue weighted by Gasteiger charge is -2.21. The standard InChI is InChI=1S/C85H148O17P2/c1-5-9-13-17-21-25-29-32-35-37-39-41-44-47-51-54-58-62-66-70-83(88)96-76-81(102-85(90)72-68-64-60-56-52-48-45-42-40-38-36-33-30-26-22-18-14-10-6-2)78-100-104(93,94)98-74-79(86)73-97-103(91,92)99-77-80(101-84(89)71-67-63-59-55-49-28-24-20-16-12-8-4)75-95-82(87)69-65-61-57-53-50-46-43-34-31-27-23-19-15-11-7-3/h9-10,13-14,21-22,25-26,32-36,39-43,79-81,86H,5-8,11-12,15-20,23-24,27-31,37-38,44-78H2,1-4H3,(H,91,92)(H,93,94)/b13-9-,14-10-,25-21-,26-22-,35-32-,36-33-,41-39-,42-40-,43-34-. The zero-order valence-corrected chi connectivity index (χ0v) is 67.5. The Morgan fingerprint density at radius 3 is 0.779 bits per heavy atom. The summed E-state index contributed by atoms with van der Waals surface area (Å²) in [5, 5.41) is 10.6. The van der Waals surface area contributed by atoms with Crippen molar-refractivity contribution in [3.63, 3.8) is 0 Å². The van der Waals surface area contributed by atoms with E-state index in [-0.39, 0.29) is 25.7 Å². The van der Waals surface area contributed by atoms with Gasteiger partial charge >= 0.3 is 39.5 Å². The first-order valence-electron chi connectivity index (χ1n) is 41.1. The van der Waals surface area contributed by atoms with E-state index in [4.69, 9.17) is 37.0 Å². The molecular weight excluding hydrogens is 1350 g/mol. The van der Waals surface area contributed by atoms with E-state index < -0.39 is 97.5 Å². The predicted molar refractivity (Wildman–Crippen MR) is 427 cm³/mol. The molecule has 0 aliphatic heterocycles. The van der Waals surface area contributed by atoms with Crippen molar-refractivity contribution in [1.82, 2.24) is 0 Å². The van der Waals surface area contributed by atoms with E-state index in [1.54, 1.807) is 0 Å². The monoisotopic (exact) mass is 1500 g/mol. The average molecular weight is 1500 g/mol. The molecule has 5 unspecified atom stereocenters. The molecule has 0 amide bonds. The summed E-state index contributed by atoms with van der Waals surface area (Å²) in [5.41, 5.74) is 0. The molecule has 0 saturated carbocycles. The van der Waals surface area contributed by atoms with Crippen molar-refractivity contribution in [2.45, 2.75) is 367 Å². The van der Waals surface area contributed by atoms with Crippen LogP contribution in [0.4, 0.5) is 0 Å². The van der Waals surface area contributed by atoms with Crippen LogP contribution < -0.4 is 0 Å². The molecule has 0 radical (unpaired) electrons. The van der Waals surface area contributed by atoms with Crippen molar-refractivity contribution < 1.29 is 80.2 Å². The Bertz CT molecular complexity index is 2390. The number of unbranched alkanes of at least 4 members (excludes halogenated alkanes) is 33. The molecule has 0 aliphatic carbocycles. The van der Waals surface area contributed by atoms with E-state index in [1.165, 1.54) is 77.0 Å². The first-order valence-corrected chi connectivity index (χ1v) is 44.1. The highest BCUT2D eigenvalue weighted by atomic mass is 31.2. The Balaban J connectivity index is 5.36. The average Bonchev–Trinajstić information content (AvgIpc) is 0.928. The molecule has 3 N–H and O–H groups in total. The van der Waals surface area contributed by atoms with Gasteiger partial charge in [-0.1, -0.05) is 304 Å². The summed E-state index contributed by atoms with van der Waals surface area (Å²) in [4.78, 5) is 73.1. The summed E-state index contributed by atoms with van der Waals surface area (Å²) in [7, 11) is -9.96. The van der Waals surface area contributed by atoms with Gasteiger partial charge in [-0.25, -0.2) is 9.13 Å². The highest BCUT2D eigenvalue weighted by Gasteiger charge is 2.30. The number of hydrogen-bond acceptors (Lipinski definition) is 15. The highest BCUT2D eigenvalue weighted by Crippen LogP contribution is 2.45. The predicted octanol–water partition coefficient (Wildman–Crippen LogP) is 24.1. The molecule has 0 rings (SSSR count). The van der Waals surface area contributed by atoms with Crippen LogP contribution in [0.25, 0.3) is 0 Å². The lowest BCUT2D eigenvalue weighted by atomic mass is 10.1. The molecule has 0 saturated heterocycles. The number of aliphatic hydroxyl groups is 1. The van der Waals surface area contributed by atoms with E-state index in [2.05, 4.69) is 137 Å². The van der Waals surface area contributed by atoms with Crippen LogP contribution in [-0.4, -0.2) is 96.7 Å². The number of carbonyl (C=O) groups is 4. The van der Waals surface area contributed by atoms with Crippen LogP contribution in [0.1, 0.15) is 349 Å². The van der Waals surface area contributed by atoms with Crippen molar-refractivity contribution in [3.8, 4) is 0 Å². The first-order chi connectivity index (χ1) is 50.7. The van der Waals surface area contributed by atoms with Gasteiger partial charge < -0.3 is 33.8 Å². The second-order valence-electron chi connectivity index (χ2n) is 27.3. The van der Waals surface area contributed by atoms with Gasteiger partial charge in [0, 0.05) is 25.7 Å². The largest absolute Gasteiger partial charge is 0.472 e. The first kappa shape index (κ1) is 99.7. The number of rotatable bonds is 77. The van der Waals surface area contributed by atoms with Gasteiger partial charge in [-0.15, -0.1) is 0 Å². The van der Waals surface area contributed by atoms with Crippen molar-refractivity contribution >= 4 is 39.5 Å². The van der Waals surface area contributed by atoms with Gasteiger partial charge in [0.1, 0.15) is 19.3 Å². The summed E-state index contributed by atoms with van der Waals surface area (Å²) < 4.78 is 68.7. The Labute approximate surface area is 632 Å². The maximum absolute atomic E-state index is 13.1. The van der Waals surface area contributed by atoms with E-state index in [9.17, 15) is 43.2 Å². The van der Waals surface area contributed by atoms with Crippen LogP contribution in [0.5, 0.6) is 0 Å². The Kier molecular flexibility index (Phi) is 73.7. The summed E-state index contributed by atoms with van der Waals surface area (Å²) in [6, 6.07) is 0. The van der Waals surface area contributed by atoms with Gasteiger partial charge in [0.15, 0.2) is 12.2 Å². The third-order valence-corrected chi connectivity index (χ3v) is 19.1. The molecule has 17 nitrogen and oxygen atoms in total. The van der Waals surface area contributed by atoms with Crippen molar-refractivity contribution in [1.29, 1.82) is 0 Å². The molecule has 104 heavy (non-hydrogen) atoms.